The molecule has 150 valence electrons. The van der Waals surface area contributed by atoms with Crippen LogP contribution in [0.5, 0.6) is 11.5 Å². The molecule has 0 radical (unpaired) electrons. The molecule has 7 nitrogen and oxygen atoms in total. The van der Waals surface area contributed by atoms with E-state index in [1.165, 1.54) is 6.08 Å². The van der Waals surface area contributed by atoms with Gasteiger partial charge >= 0.3 is 6.03 Å². The molecule has 0 aromatic heterocycles. The monoisotopic (exact) mass is 506 g/mol. The number of ether oxygens (including phenoxy) is 2. The van der Waals surface area contributed by atoms with E-state index in [0.29, 0.717) is 29.4 Å². The number of imide groups is 2. The van der Waals surface area contributed by atoms with E-state index in [4.69, 9.17) is 9.47 Å². The zero-order valence-electron chi connectivity index (χ0n) is 16.1. The van der Waals surface area contributed by atoms with Crippen molar-refractivity contribution in [2.45, 2.75) is 13.8 Å². The van der Waals surface area contributed by atoms with E-state index in [-0.39, 0.29) is 5.57 Å². The number of anilines is 1. The van der Waals surface area contributed by atoms with E-state index < -0.39 is 17.8 Å². The van der Waals surface area contributed by atoms with Gasteiger partial charge in [-0.05, 0) is 72.3 Å². The summed E-state index contributed by atoms with van der Waals surface area (Å²) in [6, 6.07) is 9.56. The lowest BCUT2D eigenvalue weighted by molar-refractivity contribution is -0.122. The second-order valence-corrected chi connectivity index (χ2v) is 7.42. The number of halogens is 1. The van der Waals surface area contributed by atoms with Gasteiger partial charge in [0, 0.05) is 0 Å². The molecule has 29 heavy (non-hydrogen) atoms. The zero-order chi connectivity index (χ0) is 21.1. The average molecular weight is 506 g/mol. The molecule has 0 unspecified atom stereocenters. The van der Waals surface area contributed by atoms with E-state index in [9.17, 15) is 14.4 Å². The lowest BCUT2D eigenvalue weighted by atomic mass is 10.1. The number of nitrogens with zero attached hydrogens (tertiary/aromatic N) is 1. The summed E-state index contributed by atoms with van der Waals surface area (Å²) in [6.07, 6.45) is 1.44. The number of benzene rings is 2. The summed E-state index contributed by atoms with van der Waals surface area (Å²) in [6.45, 7) is 4.18. The highest BCUT2D eigenvalue weighted by Gasteiger charge is 2.36. The molecular formula is C21H19IN2O5. The number of carbonyl (C=O) groups is 3. The van der Waals surface area contributed by atoms with Crippen LogP contribution in [0.1, 0.15) is 18.1 Å². The molecule has 1 aliphatic rings. The topological polar surface area (TPSA) is 84.9 Å². The minimum absolute atomic E-state index is 0.145. The van der Waals surface area contributed by atoms with Crippen LogP contribution < -0.4 is 19.7 Å². The standard InChI is InChI=1S/C21H19IN2O5/c1-4-29-17-11-13(10-16(22)18(17)28-3)9-15-19(25)23-21(27)24(20(15)26)14-7-5-12(2)6-8-14/h5-11H,4H2,1-3H3,(H,23,25,27). The number of carbonyl (C=O) groups excluding carboxylic acids is 3. The minimum Gasteiger partial charge on any atom is -0.492 e. The second-order valence-electron chi connectivity index (χ2n) is 6.26. The van der Waals surface area contributed by atoms with Gasteiger partial charge in [0.25, 0.3) is 11.8 Å². The number of amides is 4. The van der Waals surface area contributed by atoms with Gasteiger partial charge in [-0.1, -0.05) is 17.7 Å². The third-order valence-corrected chi connectivity index (χ3v) is 5.04. The fraction of sp³-hybridized carbons (Fsp3) is 0.190. The Kier molecular flexibility index (Phi) is 6.21. The number of aryl methyl sites for hydroxylation is 1. The van der Waals surface area contributed by atoms with Crippen LogP contribution in [0.3, 0.4) is 0 Å². The van der Waals surface area contributed by atoms with Gasteiger partial charge in [0.1, 0.15) is 5.57 Å². The van der Waals surface area contributed by atoms with Crippen molar-refractivity contribution in [3.63, 3.8) is 0 Å². The number of hydrogen-bond acceptors (Lipinski definition) is 5. The first-order chi connectivity index (χ1) is 13.8. The van der Waals surface area contributed by atoms with Gasteiger partial charge in [0.05, 0.1) is 23.0 Å². The molecule has 1 saturated heterocycles. The molecule has 2 aromatic carbocycles. The van der Waals surface area contributed by atoms with Crippen molar-refractivity contribution in [3.8, 4) is 11.5 Å². The Morgan fingerprint density at radius 2 is 1.83 bits per heavy atom. The molecule has 1 heterocycles. The third-order valence-electron chi connectivity index (χ3n) is 4.24. The minimum atomic E-state index is -0.777. The Labute approximate surface area is 181 Å². The predicted molar refractivity (Wildman–Crippen MR) is 117 cm³/mol. The maximum atomic E-state index is 13.0. The van der Waals surface area contributed by atoms with Crippen LogP contribution in [0.15, 0.2) is 42.0 Å². The maximum Gasteiger partial charge on any atom is 0.335 e. The van der Waals surface area contributed by atoms with Gasteiger partial charge in [-0.15, -0.1) is 0 Å². The van der Waals surface area contributed by atoms with Gasteiger partial charge in [0.15, 0.2) is 11.5 Å². The highest BCUT2D eigenvalue weighted by atomic mass is 127. The fourth-order valence-corrected chi connectivity index (χ4v) is 3.73. The van der Waals surface area contributed by atoms with Gasteiger partial charge in [-0.25, -0.2) is 9.69 Å². The quantitative estimate of drug-likeness (QED) is 0.380. The second kappa shape index (κ2) is 8.64. The summed E-state index contributed by atoms with van der Waals surface area (Å²) in [5, 5.41) is 2.22. The smallest absolute Gasteiger partial charge is 0.335 e. The van der Waals surface area contributed by atoms with E-state index in [2.05, 4.69) is 27.9 Å². The van der Waals surface area contributed by atoms with Crippen LogP contribution in [-0.4, -0.2) is 31.6 Å². The molecule has 2 aromatic rings. The maximum absolute atomic E-state index is 13.0. The summed E-state index contributed by atoms with van der Waals surface area (Å²) in [7, 11) is 1.54. The van der Waals surface area contributed by atoms with Crippen molar-refractivity contribution < 1.29 is 23.9 Å². The third kappa shape index (κ3) is 4.26. The highest BCUT2D eigenvalue weighted by Crippen LogP contribution is 2.35. The number of urea groups is 1. The van der Waals surface area contributed by atoms with Crippen LogP contribution in [0.2, 0.25) is 0 Å². The van der Waals surface area contributed by atoms with Crippen molar-refractivity contribution >= 4 is 52.2 Å². The molecule has 0 bridgehead atoms. The first-order valence-corrected chi connectivity index (χ1v) is 9.92. The molecule has 1 aliphatic heterocycles. The normalized spacial score (nSPS) is 15.5. The largest absolute Gasteiger partial charge is 0.492 e. The number of rotatable bonds is 5. The van der Waals surface area contributed by atoms with Gasteiger partial charge in [0.2, 0.25) is 0 Å². The Hall–Kier alpha value is -2.88. The van der Waals surface area contributed by atoms with Crippen molar-refractivity contribution in [3.05, 3.63) is 56.7 Å². The first-order valence-electron chi connectivity index (χ1n) is 8.84. The Morgan fingerprint density at radius 1 is 1.14 bits per heavy atom. The highest BCUT2D eigenvalue weighted by molar-refractivity contribution is 14.1. The molecular weight excluding hydrogens is 487 g/mol. The van der Waals surface area contributed by atoms with Crippen LogP contribution in [0, 0.1) is 10.5 Å². The summed E-state index contributed by atoms with van der Waals surface area (Å²) < 4.78 is 11.7. The number of barbiturate groups is 1. The molecule has 0 aliphatic carbocycles. The number of hydrogen-bond donors (Lipinski definition) is 1. The summed E-state index contributed by atoms with van der Waals surface area (Å²) in [5.41, 5.74) is 1.81. The molecule has 0 saturated carbocycles. The fourth-order valence-electron chi connectivity index (χ4n) is 2.88. The Balaban J connectivity index is 2.03. The van der Waals surface area contributed by atoms with Crippen LogP contribution in [0.4, 0.5) is 10.5 Å². The van der Waals surface area contributed by atoms with E-state index in [1.54, 1.807) is 43.5 Å². The zero-order valence-corrected chi connectivity index (χ0v) is 18.3. The Bertz CT molecular complexity index is 1010. The van der Waals surface area contributed by atoms with Crippen LogP contribution in [0.25, 0.3) is 6.08 Å². The van der Waals surface area contributed by atoms with Crippen LogP contribution >= 0.6 is 22.6 Å². The van der Waals surface area contributed by atoms with Crippen molar-refractivity contribution in [2.24, 2.45) is 0 Å². The predicted octanol–water partition coefficient (Wildman–Crippen LogP) is 3.67. The summed E-state index contributed by atoms with van der Waals surface area (Å²) in [5.74, 6) is -0.354. The molecule has 3 rings (SSSR count). The molecule has 0 atom stereocenters. The van der Waals surface area contributed by atoms with E-state index in [1.807, 2.05) is 13.8 Å². The van der Waals surface area contributed by atoms with Crippen LogP contribution in [-0.2, 0) is 9.59 Å². The average Bonchev–Trinajstić information content (AvgIpc) is 2.67. The molecule has 1 fully saturated rings. The molecule has 1 N–H and O–H groups in total. The lowest BCUT2D eigenvalue weighted by Crippen LogP contribution is -2.54. The van der Waals surface area contributed by atoms with E-state index in [0.717, 1.165) is 14.0 Å². The van der Waals surface area contributed by atoms with Gasteiger partial charge in [-0.2, -0.15) is 0 Å². The molecule has 0 spiro atoms. The van der Waals surface area contributed by atoms with Crippen molar-refractivity contribution in [1.82, 2.24) is 5.32 Å². The Morgan fingerprint density at radius 3 is 2.45 bits per heavy atom. The summed E-state index contributed by atoms with van der Waals surface area (Å²) in [4.78, 5) is 38.6. The van der Waals surface area contributed by atoms with E-state index >= 15 is 0 Å². The molecule has 4 amide bonds. The van der Waals surface area contributed by atoms with Crippen molar-refractivity contribution in [2.75, 3.05) is 18.6 Å². The SMILES string of the molecule is CCOc1cc(C=C2C(=O)NC(=O)N(c3ccc(C)cc3)C2=O)cc(I)c1OC. The van der Waals surface area contributed by atoms with Crippen molar-refractivity contribution in [1.29, 1.82) is 0 Å². The molecule has 8 heteroatoms. The lowest BCUT2D eigenvalue weighted by Gasteiger charge is -2.26. The van der Waals surface area contributed by atoms with Gasteiger partial charge in [-0.3, -0.25) is 14.9 Å². The first kappa shape index (κ1) is 20.8. The number of nitrogens with one attached hydrogen (secondary N) is 1. The summed E-state index contributed by atoms with van der Waals surface area (Å²) >= 11 is 2.09. The number of methoxy groups -OCH3 is 1. The van der Waals surface area contributed by atoms with Gasteiger partial charge < -0.3 is 9.47 Å².